The van der Waals surface area contributed by atoms with Crippen LogP contribution in [-0.2, 0) is 0 Å². The average molecular weight is 290 g/mol. The Kier molecular flexibility index (Phi) is 3.95. The number of rotatable bonds is 3. The van der Waals surface area contributed by atoms with Crippen LogP contribution in [0, 0.1) is 5.82 Å². The molecule has 0 spiro atoms. The minimum absolute atomic E-state index is 0.0686. The summed E-state index contributed by atoms with van der Waals surface area (Å²) in [6.45, 7) is 0. The molecule has 0 atom stereocenters. The van der Waals surface area contributed by atoms with Crippen molar-refractivity contribution in [1.29, 1.82) is 0 Å². The van der Waals surface area contributed by atoms with Crippen LogP contribution in [0.15, 0.2) is 42.5 Å². The van der Waals surface area contributed by atoms with Gasteiger partial charge in [-0.05, 0) is 42.5 Å². The number of phenols is 1. The summed E-state index contributed by atoms with van der Waals surface area (Å²) in [7, 11) is 0. The maximum atomic E-state index is 13.4. The Morgan fingerprint density at radius 3 is 2.45 bits per heavy atom. The molecule has 102 valence electrons. The predicted octanol–water partition coefficient (Wildman–Crippen LogP) is 2.42. The van der Waals surface area contributed by atoms with Crippen LogP contribution in [-0.4, -0.2) is 16.0 Å². The van der Waals surface area contributed by atoms with Crippen LogP contribution in [0.1, 0.15) is 15.9 Å². The van der Waals surface area contributed by atoms with Crippen LogP contribution in [0.5, 0.6) is 5.75 Å². The smallest absolute Gasteiger partial charge is 0.255 e. The van der Waals surface area contributed by atoms with Crippen molar-refractivity contribution in [2.45, 2.75) is 0 Å². The third-order valence-corrected chi connectivity index (χ3v) is 2.84. The van der Waals surface area contributed by atoms with Crippen molar-refractivity contribution in [3.63, 3.8) is 0 Å². The Hall–Kier alpha value is -2.47. The van der Waals surface area contributed by atoms with E-state index in [0.29, 0.717) is 11.3 Å². The largest absolute Gasteiger partial charge is 0.508 e. The molecule has 0 radical (unpaired) electrons. The molecule has 0 aliphatic rings. The standard InChI is InChI=1S/C14H11FN2O2S/c15-12-6-3-9(7-11(12)13(16)20)17-14(19)8-1-4-10(18)5-2-8/h1-7,18H,(H2,16,20)(H,17,19). The van der Waals surface area contributed by atoms with Crippen LogP contribution >= 0.6 is 12.2 Å². The van der Waals surface area contributed by atoms with Gasteiger partial charge in [-0.1, -0.05) is 12.2 Å². The number of amides is 1. The highest BCUT2D eigenvalue weighted by Gasteiger charge is 2.10. The van der Waals surface area contributed by atoms with Crippen molar-refractivity contribution in [2.24, 2.45) is 5.73 Å². The number of anilines is 1. The van der Waals surface area contributed by atoms with E-state index in [1.54, 1.807) is 0 Å². The predicted molar refractivity (Wildman–Crippen MR) is 78.3 cm³/mol. The third-order valence-electron chi connectivity index (χ3n) is 2.62. The normalized spacial score (nSPS) is 10.1. The first-order valence-corrected chi connectivity index (χ1v) is 6.08. The molecule has 0 unspecified atom stereocenters. The molecule has 6 heteroatoms. The van der Waals surface area contributed by atoms with E-state index in [0.717, 1.165) is 0 Å². The van der Waals surface area contributed by atoms with Gasteiger partial charge < -0.3 is 16.2 Å². The third kappa shape index (κ3) is 3.10. The Bertz CT molecular complexity index is 671. The van der Waals surface area contributed by atoms with Gasteiger partial charge in [-0.2, -0.15) is 0 Å². The molecule has 0 aromatic heterocycles. The summed E-state index contributed by atoms with van der Waals surface area (Å²) in [6, 6.07) is 9.72. The summed E-state index contributed by atoms with van der Waals surface area (Å²) < 4.78 is 13.4. The highest BCUT2D eigenvalue weighted by molar-refractivity contribution is 7.80. The molecule has 0 fully saturated rings. The second-order valence-corrected chi connectivity index (χ2v) is 4.50. The molecule has 0 aliphatic carbocycles. The zero-order chi connectivity index (χ0) is 14.7. The maximum Gasteiger partial charge on any atom is 0.255 e. The number of hydrogen-bond donors (Lipinski definition) is 3. The lowest BCUT2D eigenvalue weighted by Gasteiger charge is -2.08. The first-order chi connectivity index (χ1) is 9.47. The molecule has 20 heavy (non-hydrogen) atoms. The number of aromatic hydroxyl groups is 1. The SMILES string of the molecule is NC(=S)c1cc(NC(=O)c2ccc(O)cc2)ccc1F. The van der Waals surface area contributed by atoms with Gasteiger partial charge in [0.2, 0.25) is 0 Å². The number of benzene rings is 2. The van der Waals surface area contributed by atoms with E-state index >= 15 is 0 Å². The van der Waals surface area contributed by atoms with Crippen molar-refractivity contribution < 1.29 is 14.3 Å². The number of thiocarbonyl (C=S) groups is 1. The Morgan fingerprint density at radius 2 is 1.85 bits per heavy atom. The maximum absolute atomic E-state index is 13.4. The number of phenolic OH excluding ortho intramolecular Hbond substituents is 1. The van der Waals surface area contributed by atoms with Gasteiger partial charge >= 0.3 is 0 Å². The van der Waals surface area contributed by atoms with Gasteiger partial charge in [-0.25, -0.2) is 4.39 Å². The molecule has 0 saturated carbocycles. The van der Waals surface area contributed by atoms with Gasteiger partial charge in [0.1, 0.15) is 16.6 Å². The van der Waals surface area contributed by atoms with Crippen LogP contribution in [0.3, 0.4) is 0 Å². The number of nitrogens with one attached hydrogen (secondary N) is 1. The molecule has 4 N–H and O–H groups in total. The molecule has 4 nitrogen and oxygen atoms in total. The highest BCUT2D eigenvalue weighted by Crippen LogP contribution is 2.16. The Balaban J connectivity index is 2.21. The summed E-state index contributed by atoms with van der Waals surface area (Å²) in [5.41, 5.74) is 6.21. The first kappa shape index (κ1) is 14.0. The topological polar surface area (TPSA) is 75.3 Å². The number of hydrogen-bond acceptors (Lipinski definition) is 3. The second-order valence-electron chi connectivity index (χ2n) is 4.06. The van der Waals surface area contributed by atoms with Crippen molar-refractivity contribution in [3.8, 4) is 5.75 Å². The zero-order valence-corrected chi connectivity index (χ0v) is 11.1. The van der Waals surface area contributed by atoms with Gasteiger partial charge in [-0.15, -0.1) is 0 Å². The summed E-state index contributed by atoms with van der Waals surface area (Å²) in [5, 5.41) is 11.8. The van der Waals surface area contributed by atoms with Gasteiger partial charge in [0.15, 0.2) is 0 Å². The van der Waals surface area contributed by atoms with Crippen LogP contribution in [0.4, 0.5) is 10.1 Å². The van der Waals surface area contributed by atoms with E-state index < -0.39 is 5.82 Å². The van der Waals surface area contributed by atoms with Crippen molar-refractivity contribution >= 4 is 28.8 Å². The average Bonchev–Trinajstić information content (AvgIpc) is 2.41. The van der Waals surface area contributed by atoms with E-state index in [1.165, 1.54) is 42.5 Å². The molecule has 2 aromatic carbocycles. The van der Waals surface area contributed by atoms with Crippen LogP contribution in [0.2, 0.25) is 0 Å². The monoisotopic (exact) mass is 290 g/mol. The molecular formula is C14H11FN2O2S. The number of carbonyl (C=O) groups is 1. The minimum atomic E-state index is -0.542. The van der Waals surface area contributed by atoms with Gasteiger partial charge in [0, 0.05) is 16.8 Å². The highest BCUT2D eigenvalue weighted by atomic mass is 32.1. The quantitative estimate of drug-likeness (QED) is 0.759. The molecule has 0 bridgehead atoms. The van der Waals surface area contributed by atoms with Gasteiger partial charge in [0.25, 0.3) is 5.91 Å². The lowest BCUT2D eigenvalue weighted by Crippen LogP contribution is -2.15. The fourth-order valence-corrected chi connectivity index (χ4v) is 1.76. The molecular weight excluding hydrogens is 279 g/mol. The number of nitrogens with two attached hydrogens (primary N) is 1. The van der Waals surface area contributed by atoms with Crippen LogP contribution < -0.4 is 11.1 Å². The zero-order valence-electron chi connectivity index (χ0n) is 10.3. The second kappa shape index (κ2) is 5.66. The molecule has 2 aromatic rings. The number of carbonyl (C=O) groups excluding carboxylic acids is 1. The van der Waals surface area contributed by atoms with Crippen molar-refractivity contribution in [1.82, 2.24) is 0 Å². The van der Waals surface area contributed by atoms with E-state index in [9.17, 15) is 9.18 Å². The fraction of sp³-hybridized carbons (Fsp3) is 0. The van der Waals surface area contributed by atoms with Crippen LogP contribution in [0.25, 0.3) is 0 Å². The first-order valence-electron chi connectivity index (χ1n) is 5.67. The summed E-state index contributed by atoms with van der Waals surface area (Å²) in [5.74, 6) is -0.857. The van der Waals surface area contributed by atoms with E-state index in [-0.39, 0.29) is 22.2 Å². The van der Waals surface area contributed by atoms with Gasteiger partial charge in [-0.3, -0.25) is 4.79 Å². The summed E-state index contributed by atoms with van der Waals surface area (Å²) in [6.07, 6.45) is 0. The summed E-state index contributed by atoms with van der Waals surface area (Å²) in [4.78, 5) is 11.9. The molecule has 0 saturated heterocycles. The molecule has 1 amide bonds. The Labute approximate surface area is 120 Å². The van der Waals surface area contributed by atoms with E-state index in [1.807, 2.05) is 0 Å². The van der Waals surface area contributed by atoms with Crippen molar-refractivity contribution in [3.05, 3.63) is 59.4 Å². The lowest BCUT2D eigenvalue weighted by atomic mass is 10.1. The molecule has 0 heterocycles. The van der Waals surface area contributed by atoms with Gasteiger partial charge in [0.05, 0.1) is 0 Å². The molecule has 2 rings (SSSR count). The fourth-order valence-electron chi connectivity index (χ4n) is 1.61. The minimum Gasteiger partial charge on any atom is -0.508 e. The Morgan fingerprint density at radius 1 is 1.20 bits per heavy atom. The van der Waals surface area contributed by atoms with E-state index in [2.05, 4.69) is 5.32 Å². The summed E-state index contributed by atoms with van der Waals surface area (Å²) >= 11 is 4.73. The number of halogens is 1. The van der Waals surface area contributed by atoms with Crippen molar-refractivity contribution in [2.75, 3.05) is 5.32 Å². The molecule has 0 aliphatic heterocycles. The van der Waals surface area contributed by atoms with E-state index in [4.69, 9.17) is 23.1 Å². The lowest BCUT2D eigenvalue weighted by molar-refractivity contribution is 0.102.